The van der Waals surface area contributed by atoms with Crippen LogP contribution in [0.5, 0.6) is 5.75 Å². The molecule has 0 aliphatic carbocycles. The molecule has 4 aromatic rings. The predicted molar refractivity (Wildman–Crippen MR) is 142 cm³/mol. The van der Waals surface area contributed by atoms with Crippen molar-refractivity contribution < 1.29 is 13.6 Å². The van der Waals surface area contributed by atoms with Crippen LogP contribution in [0.25, 0.3) is 16.9 Å². The summed E-state index contributed by atoms with van der Waals surface area (Å²) in [6, 6.07) is 8.65. The first-order valence-electron chi connectivity index (χ1n) is 11.6. The van der Waals surface area contributed by atoms with Crippen LogP contribution in [0.15, 0.2) is 47.9 Å². The van der Waals surface area contributed by atoms with E-state index >= 15 is 0 Å². The van der Waals surface area contributed by atoms with Crippen molar-refractivity contribution in [1.82, 2.24) is 29.8 Å². The molecule has 11 heteroatoms. The van der Waals surface area contributed by atoms with E-state index in [1.165, 1.54) is 24.9 Å². The first-order chi connectivity index (χ1) is 17.0. The molecule has 0 bridgehead atoms. The average molecular weight is 527 g/mol. The summed E-state index contributed by atoms with van der Waals surface area (Å²) < 4.78 is 28.1. The van der Waals surface area contributed by atoms with Crippen molar-refractivity contribution in [3.63, 3.8) is 0 Å². The molecule has 0 spiro atoms. The number of aromatic nitrogens is 6. The third-order valence-corrected chi connectivity index (χ3v) is 11.8. The number of benzene rings is 1. The summed E-state index contributed by atoms with van der Waals surface area (Å²) in [5, 5.41) is 14.2. The van der Waals surface area contributed by atoms with Gasteiger partial charge in [-0.15, -0.1) is 10.2 Å². The van der Waals surface area contributed by atoms with Gasteiger partial charge in [-0.25, -0.2) is 14.4 Å². The Balaban J connectivity index is 1.75. The molecule has 0 aliphatic rings. The van der Waals surface area contributed by atoms with Crippen LogP contribution in [0.3, 0.4) is 0 Å². The Hall–Kier alpha value is -2.89. The molecule has 1 aromatic carbocycles. The lowest BCUT2D eigenvalue weighted by molar-refractivity contribution is 0.270. The number of ether oxygens (including phenoxy) is 1. The maximum Gasteiger partial charge on any atom is 0.192 e. The van der Waals surface area contributed by atoms with E-state index in [9.17, 15) is 4.39 Å². The number of halogens is 1. The van der Waals surface area contributed by atoms with Crippen molar-refractivity contribution in [2.24, 2.45) is 0 Å². The molecule has 190 valence electrons. The summed E-state index contributed by atoms with van der Waals surface area (Å²) in [6.07, 6.45) is 5.38. The molecular weight excluding hydrogens is 495 g/mol. The summed E-state index contributed by atoms with van der Waals surface area (Å²) in [5.41, 5.74) is 2.85. The third-order valence-electron chi connectivity index (χ3n) is 6.70. The predicted octanol–water partition coefficient (Wildman–Crippen LogP) is 5.60. The fraction of sp³-hybridized carbons (Fsp3) is 0.400. The lowest BCUT2D eigenvalue weighted by Gasteiger charge is -2.37. The molecule has 4 rings (SSSR count). The first kappa shape index (κ1) is 26.2. The van der Waals surface area contributed by atoms with Gasteiger partial charge in [-0.3, -0.25) is 0 Å². The minimum absolute atomic E-state index is 0.0237. The molecule has 3 aromatic heterocycles. The van der Waals surface area contributed by atoms with Gasteiger partial charge in [0.2, 0.25) is 0 Å². The highest BCUT2D eigenvalue weighted by atomic mass is 32.2. The van der Waals surface area contributed by atoms with Crippen LogP contribution >= 0.6 is 11.8 Å². The zero-order valence-electron chi connectivity index (χ0n) is 21.6. The van der Waals surface area contributed by atoms with Gasteiger partial charge in [-0.1, -0.05) is 38.6 Å². The molecule has 36 heavy (non-hydrogen) atoms. The fourth-order valence-electron chi connectivity index (χ4n) is 3.49. The number of hydrogen-bond donors (Lipinski definition) is 0. The number of hydrogen-bond acceptors (Lipinski definition) is 8. The Morgan fingerprint density at radius 2 is 1.92 bits per heavy atom. The molecule has 0 saturated carbocycles. The SMILES string of the molecule is COc1ccc(C(CO[Si](C)(C)C(C)(C)C)c2nnc3cc(-c4ccnc(SC)n4)cnn23)cc1F. The molecule has 8 nitrogen and oxygen atoms in total. The van der Waals surface area contributed by atoms with Gasteiger partial charge in [0.25, 0.3) is 0 Å². The van der Waals surface area contributed by atoms with E-state index in [1.807, 2.05) is 24.5 Å². The van der Waals surface area contributed by atoms with Crippen molar-refractivity contribution >= 4 is 25.7 Å². The van der Waals surface area contributed by atoms with Gasteiger partial charge in [0.05, 0.1) is 24.9 Å². The van der Waals surface area contributed by atoms with Crippen LogP contribution in [0, 0.1) is 5.82 Å². The van der Waals surface area contributed by atoms with Gasteiger partial charge in [0, 0.05) is 18.4 Å². The van der Waals surface area contributed by atoms with Crippen LogP contribution in [-0.2, 0) is 4.43 Å². The quantitative estimate of drug-likeness (QED) is 0.166. The topological polar surface area (TPSA) is 87.3 Å². The van der Waals surface area contributed by atoms with Gasteiger partial charge in [0.1, 0.15) is 0 Å². The zero-order chi connectivity index (χ0) is 26.1. The van der Waals surface area contributed by atoms with Crippen molar-refractivity contribution in [1.29, 1.82) is 0 Å². The van der Waals surface area contributed by atoms with Crippen molar-refractivity contribution in [3.8, 4) is 17.0 Å². The molecule has 1 unspecified atom stereocenters. The van der Waals surface area contributed by atoms with Crippen LogP contribution in [0.2, 0.25) is 18.1 Å². The normalized spacial score (nSPS) is 13.2. The lowest BCUT2D eigenvalue weighted by atomic mass is 9.99. The molecule has 0 amide bonds. The van der Waals surface area contributed by atoms with E-state index in [1.54, 1.807) is 23.0 Å². The largest absolute Gasteiger partial charge is 0.494 e. The van der Waals surface area contributed by atoms with Crippen LogP contribution in [0.1, 0.15) is 38.1 Å². The van der Waals surface area contributed by atoms with Crippen molar-refractivity contribution in [3.05, 3.63) is 59.9 Å². The number of methoxy groups -OCH3 is 1. The maximum absolute atomic E-state index is 14.7. The van der Waals surface area contributed by atoms with Crippen molar-refractivity contribution in [2.45, 2.75) is 50.0 Å². The minimum Gasteiger partial charge on any atom is -0.494 e. The summed E-state index contributed by atoms with van der Waals surface area (Å²) >= 11 is 1.47. The lowest BCUT2D eigenvalue weighted by Crippen LogP contribution is -2.42. The van der Waals surface area contributed by atoms with E-state index in [0.29, 0.717) is 28.8 Å². The second kappa shape index (κ2) is 10.2. The minimum atomic E-state index is -2.09. The second-order valence-corrected chi connectivity index (χ2v) is 15.6. The molecular formula is C25H31FN6O2SSi. The number of nitrogens with zero attached hydrogens (tertiary/aromatic N) is 6. The van der Waals surface area contributed by atoms with Gasteiger partial charge in [-0.2, -0.15) is 9.61 Å². The molecule has 0 fully saturated rings. The second-order valence-electron chi connectivity index (χ2n) is 10.0. The monoisotopic (exact) mass is 526 g/mol. The molecule has 0 radical (unpaired) electrons. The standard InChI is InChI=1S/C25H31FN6O2SSi/c1-25(2,3)36(6,7)34-15-18(16-8-9-21(33-4)19(26)12-16)23-31-30-22-13-17(14-28-32(22)23)20-10-11-27-24(29-20)35-5/h8-14,18H,15H2,1-7H3. The molecule has 3 heterocycles. The highest BCUT2D eigenvalue weighted by Crippen LogP contribution is 2.38. The van der Waals surface area contributed by atoms with Gasteiger partial charge < -0.3 is 9.16 Å². The molecule has 1 atom stereocenters. The van der Waals surface area contributed by atoms with E-state index < -0.39 is 14.1 Å². The van der Waals surface area contributed by atoms with E-state index in [0.717, 1.165) is 11.3 Å². The van der Waals surface area contributed by atoms with Gasteiger partial charge >= 0.3 is 0 Å². The summed E-state index contributed by atoms with van der Waals surface area (Å²) in [5.74, 6) is -0.0572. The summed E-state index contributed by atoms with van der Waals surface area (Å²) in [6.45, 7) is 11.3. The fourth-order valence-corrected chi connectivity index (χ4v) is 4.87. The Kier molecular flexibility index (Phi) is 7.44. The van der Waals surface area contributed by atoms with Gasteiger partial charge in [-0.05, 0) is 54.2 Å². The number of thioether (sulfide) groups is 1. The van der Waals surface area contributed by atoms with E-state index in [-0.39, 0.29) is 16.7 Å². The molecule has 0 saturated heterocycles. The molecule has 0 aliphatic heterocycles. The van der Waals surface area contributed by atoms with Crippen LogP contribution < -0.4 is 4.74 Å². The van der Waals surface area contributed by atoms with Crippen LogP contribution in [-0.4, -0.2) is 58.1 Å². The average Bonchev–Trinajstić information content (AvgIpc) is 3.26. The Morgan fingerprint density at radius 1 is 1.14 bits per heavy atom. The Labute approximate surface area is 215 Å². The van der Waals surface area contributed by atoms with Crippen LogP contribution in [0.4, 0.5) is 4.39 Å². The highest BCUT2D eigenvalue weighted by Gasteiger charge is 2.38. The Bertz CT molecular complexity index is 1370. The van der Waals surface area contributed by atoms with Gasteiger partial charge in [0.15, 0.2) is 36.5 Å². The van der Waals surface area contributed by atoms with Crippen molar-refractivity contribution in [2.75, 3.05) is 20.0 Å². The Morgan fingerprint density at radius 3 is 2.58 bits per heavy atom. The summed E-state index contributed by atoms with van der Waals surface area (Å²) in [4.78, 5) is 8.78. The summed E-state index contributed by atoms with van der Waals surface area (Å²) in [7, 11) is -0.639. The number of rotatable bonds is 8. The maximum atomic E-state index is 14.7. The third kappa shape index (κ3) is 5.28. The highest BCUT2D eigenvalue weighted by molar-refractivity contribution is 7.98. The van der Waals surface area contributed by atoms with E-state index in [4.69, 9.17) is 9.16 Å². The zero-order valence-corrected chi connectivity index (χ0v) is 23.4. The first-order valence-corrected chi connectivity index (χ1v) is 15.7. The van der Waals surface area contributed by atoms with E-state index in [2.05, 4.69) is 59.1 Å². The smallest absolute Gasteiger partial charge is 0.192 e. The molecule has 0 N–H and O–H groups in total. The number of fused-ring (bicyclic) bond motifs is 1.